The number of halogens is 3. The van der Waals surface area contributed by atoms with E-state index in [4.69, 9.17) is 4.74 Å². The van der Waals surface area contributed by atoms with Gasteiger partial charge in [0, 0.05) is 19.3 Å². The minimum absolute atomic E-state index is 0.139. The fourth-order valence-corrected chi connectivity index (χ4v) is 2.15. The third-order valence-electron chi connectivity index (χ3n) is 3.23. The summed E-state index contributed by atoms with van der Waals surface area (Å²) < 4.78 is 43.5. The molecule has 0 saturated carbocycles. The molecular weight excluding hydrogens is 279 g/mol. The lowest BCUT2D eigenvalue weighted by Crippen LogP contribution is -2.33. The molecule has 1 unspecified atom stereocenters. The highest BCUT2D eigenvalue weighted by Crippen LogP contribution is 2.29. The molecule has 0 aliphatic rings. The maximum Gasteiger partial charge on any atom is 0.416 e. The highest BCUT2D eigenvalue weighted by molar-refractivity contribution is 5.26. The Hall–Kier alpha value is -1.07. The van der Waals surface area contributed by atoms with E-state index in [0.29, 0.717) is 25.2 Å². The molecule has 0 spiro atoms. The predicted molar refractivity (Wildman–Crippen MR) is 78.3 cm³/mol. The lowest BCUT2D eigenvalue weighted by Gasteiger charge is -2.19. The summed E-state index contributed by atoms with van der Waals surface area (Å²) in [5, 5.41) is 3.37. The van der Waals surface area contributed by atoms with Crippen LogP contribution in [0.2, 0.25) is 0 Å². The summed E-state index contributed by atoms with van der Waals surface area (Å²) in [7, 11) is 0. The number of hydrogen-bond acceptors (Lipinski definition) is 2. The van der Waals surface area contributed by atoms with Gasteiger partial charge in [-0.3, -0.25) is 0 Å². The molecule has 1 rings (SSSR count). The van der Waals surface area contributed by atoms with Gasteiger partial charge in [0.05, 0.1) is 5.56 Å². The van der Waals surface area contributed by atoms with E-state index in [1.807, 2.05) is 6.92 Å². The number of alkyl halides is 3. The van der Waals surface area contributed by atoms with Crippen LogP contribution in [0, 0.1) is 0 Å². The molecule has 120 valence electrons. The molecule has 0 saturated heterocycles. The van der Waals surface area contributed by atoms with Gasteiger partial charge in [0.1, 0.15) is 0 Å². The molecule has 0 aliphatic heterocycles. The second kappa shape index (κ2) is 9.05. The molecule has 0 aliphatic carbocycles. The maximum atomic E-state index is 12.7. The Balaban J connectivity index is 2.68. The highest BCUT2D eigenvalue weighted by atomic mass is 19.4. The van der Waals surface area contributed by atoms with Gasteiger partial charge in [-0.1, -0.05) is 25.1 Å². The first-order valence-corrected chi connectivity index (χ1v) is 7.44. The van der Waals surface area contributed by atoms with Gasteiger partial charge in [-0.2, -0.15) is 13.2 Å². The lowest BCUT2D eigenvalue weighted by molar-refractivity contribution is -0.137. The SMILES string of the molecule is CCCNC(CCOCC)Cc1cccc(C(F)(F)F)c1. The Bertz CT molecular complexity index is 407. The van der Waals surface area contributed by atoms with Crippen molar-refractivity contribution in [1.29, 1.82) is 0 Å². The zero-order chi connectivity index (χ0) is 15.7. The van der Waals surface area contributed by atoms with Crippen molar-refractivity contribution >= 4 is 0 Å². The van der Waals surface area contributed by atoms with Crippen molar-refractivity contribution in [2.75, 3.05) is 19.8 Å². The van der Waals surface area contributed by atoms with Crippen molar-refractivity contribution in [3.05, 3.63) is 35.4 Å². The maximum absolute atomic E-state index is 12.7. The average Bonchev–Trinajstić information content (AvgIpc) is 2.44. The first-order chi connectivity index (χ1) is 9.97. The molecule has 1 atom stereocenters. The Kier molecular flexibility index (Phi) is 7.75. The predicted octanol–water partition coefficient (Wildman–Crippen LogP) is 4.04. The zero-order valence-electron chi connectivity index (χ0n) is 12.7. The average molecular weight is 303 g/mol. The number of ether oxygens (including phenoxy) is 1. The quantitative estimate of drug-likeness (QED) is 0.695. The molecule has 1 N–H and O–H groups in total. The summed E-state index contributed by atoms with van der Waals surface area (Å²) in [5.74, 6) is 0. The molecule has 0 fully saturated rings. The number of rotatable bonds is 9. The van der Waals surface area contributed by atoms with Gasteiger partial charge in [-0.15, -0.1) is 0 Å². The van der Waals surface area contributed by atoms with Crippen LogP contribution in [0.5, 0.6) is 0 Å². The van der Waals surface area contributed by atoms with Crippen LogP contribution in [0.1, 0.15) is 37.8 Å². The molecular formula is C16H24F3NO. The summed E-state index contributed by atoms with van der Waals surface area (Å²) in [4.78, 5) is 0. The molecule has 1 aromatic rings. The van der Waals surface area contributed by atoms with E-state index in [-0.39, 0.29) is 6.04 Å². The van der Waals surface area contributed by atoms with E-state index in [1.54, 1.807) is 6.07 Å². The Morgan fingerprint density at radius 2 is 2.00 bits per heavy atom. The minimum Gasteiger partial charge on any atom is -0.382 e. The van der Waals surface area contributed by atoms with Gasteiger partial charge in [0.2, 0.25) is 0 Å². The molecule has 2 nitrogen and oxygen atoms in total. The monoisotopic (exact) mass is 303 g/mol. The normalized spacial score (nSPS) is 13.4. The van der Waals surface area contributed by atoms with E-state index in [2.05, 4.69) is 12.2 Å². The molecule has 1 aromatic carbocycles. The van der Waals surface area contributed by atoms with Crippen molar-refractivity contribution < 1.29 is 17.9 Å². The summed E-state index contributed by atoms with van der Waals surface area (Å²) in [6, 6.07) is 5.70. The van der Waals surface area contributed by atoms with E-state index < -0.39 is 11.7 Å². The van der Waals surface area contributed by atoms with Crippen LogP contribution in [0.15, 0.2) is 24.3 Å². The van der Waals surface area contributed by atoms with Crippen LogP contribution in [-0.4, -0.2) is 25.8 Å². The van der Waals surface area contributed by atoms with Gasteiger partial charge in [-0.25, -0.2) is 0 Å². The third-order valence-corrected chi connectivity index (χ3v) is 3.23. The molecule has 0 heterocycles. The van der Waals surface area contributed by atoms with Crippen molar-refractivity contribution in [3.8, 4) is 0 Å². The number of hydrogen-bond donors (Lipinski definition) is 1. The van der Waals surface area contributed by atoms with Gasteiger partial charge < -0.3 is 10.1 Å². The van der Waals surface area contributed by atoms with Crippen molar-refractivity contribution in [3.63, 3.8) is 0 Å². The minimum atomic E-state index is -4.28. The Morgan fingerprint density at radius 1 is 1.24 bits per heavy atom. The number of benzene rings is 1. The van der Waals surface area contributed by atoms with Gasteiger partial charge in [-0.05, 0) is 44.4 Å². The van der Waals surface area contributed by atoms with E-state index in [0.717, 1.165) is 25.5 Å². The Labute approximate surface area is 124 Å². The van der Waals surface area contributed by atoms with Crippen molar-refractivity contribution in [1.82, 2.24) is 5.32 Å². The van der Waals surface area contributed by atoms with Gasteiger partial charge in [0.25, 0.3) is 0 Å². The summed E-state index contributed by atoms with van der Waals surface area (Å²) in [5.41, 5.74) is 0.119. The summed E-state index contributed by atoms with van der Waals surface area (Å²) in [6.07, 6.45) is -1.91. The standard InChI is InChI=1S/C16H24F3NO/c1-3-9-20-15(8-10-21-4-2)12-13-6-5-7-14(11-13)16(17,18)19/h5-7,11,15,20H,3-4,8-10,12H2,1-2H3. The second-order valence-electron chi connectivity index (χ2n) is 5.04. The third kappa shape index (κ3) is 6.96. The van der Waals surface area contributed by atoms with Crippen LogP contribution in [0.3, 0.4) is 0 Å². The topological polar surface area (TPSA) is 21.3 Å². The van der Waals surface area contributed by atoms with Crippen LogP contribution in [0.4, 0.5) is 13.2 Å². The smallest absolute Gasteiger partial charge is 0.382 e. The van der Waals surface area contributed by atoms with Crippen molar-refractivity contribution in [2.45, 2.75) is 45.3 Å². The zero-order valence-corrected chi connectivity index (χ0v) is 12.7. The molecule has 5 heteroatoms. The van der Waals surface area contributed by atoms with Gasteiger partial charge in [0.15, 0.2) is 0 Å². The first-order valence-electron chi connectivity index (χ1n) is 7.44. The summed E-state index contributed by atoms with van der Waals surface area (Å²) >= 11 is 0. The van der Waals surface area contributed by atoms with Crippen LogP contribution in [-0.2, 0) is 17.3 Å². The largest absolute Gasteiger partial charge is 0.416 e. The van der Waals surface area contributed by atoms with Crippen LogP contribution >= 0.6 is 0 Å². The number of nitrogens with one attached hydrogen (secondary N) is 1. The fraction of sp³-hybridized carbons (Fsp3) is 0.625. The molecule has 0 amide bonds. The Morgan fingerprint density at radius 3 is 2.62 bits per heavy atom. The molecule has 0 aromatic heterocycles. The molecule has 0 radical (unpaired) electrons. The van der Waals surface area contributed by atoms with Crippen LogP contribution in [0.25, 0.3) is 0 Å². The molecule has 21 heavy (non-hydrogen) atoms. The summed E-state index contributed by atoms with van der Waals surface area (Å²) in [6.45, 7) is 6.13. The second-order valence-corrected chi connectivity index (χ2v) is 5.04. The van der Waals surface area contributed by atoms with E-state index >= 15 is 0 Å². The molecule has 0 bridgehead atoms. The lowest BCUT2D eigenvalue weighted by atomic mass is 10.0. The van der Waals surface area contributed by atoms with E-state index in [1.165, 1.54) is 12.1 Å². The highest BCUT2D eigenvalue weighted by Gasteiger charge is 2.30. The first kappa shape index (κ1) is 18.0. The van der Waals surface area contributed by atoms with Crippen LogP contribution < -0.4 is 5.32 Å². The van der Waals surface area contributed by atoms with Crippen molar-refractivity contribution in [2.24, 2.45) is 0 Å². The van der Waals surface area contributed by atoms with E-state index in [9.17, 15) is 13.2 Å². The fourth-order valence-electron chi connectivity index (χ4n) is 2.15. The van der Waals surface area contributed by atoms with Gasteiger partial charge >= 0.3 is 6.18 Å².